The molecule has 55 heavy (non-hydrogen) atoms. The molecule has 0 bridgehead atoms. The van der Waals surface area contributed by atoms with Gasteiger partial charge >= 0.3 is 0 Å². The standard InChI is InChI=1S/C52H35N3/c1-4-12-36(13-5-1)38-20-28-43(29-21-38)55(44-30-22-39(23-31-44)37-14-6-2-7-15-37)45-32-24-40(25-33-45)48-35-27-42-26-34-47-50(41-16-8-3-9-17-41)46-18-10-11-19-49(46)54-52(47)51(42)53-48/h1-35H. The first kappa shape index (κ1) is 32.3. The van der Waals surface area contributed by atoms with Gasteiger partial charge < -0.3 is 4.90 Å². The number of fused-ring (bicyclic) bond motifs is 4. The lowest BCUT2D eigenvalue weighted by molar-refractivity contribution is 1.28. The van der Waals surface area contributed by atoms with Crippen LogP contribution in [-0.2, 0) is 0 Å². The molecule has 0 saturated heterocycles. The van der Waals surface area contributed by atoms with Crippen LogP contribution in [0.3, 0.4) is 0 Å². The van der Waals surface area contributed by atoms with Crippen molar-refractivity contribution in [2.24, 2.45) is 0 Å². The molecule has 0 aliphatic carbocycles. The highest BCUT2D eigenvalue weighted by atomic mass is 15.1. The fourth-order valence-corrected chi connectivity index (χ4v) is 7.71. The van der Waals surface area contributed by atoms with Crippen LogP contribution >= 0.6 is 0 Å². The molecule has 0 amide bonds. The predicted octanol–water partition coefficient (Wildman–Crippen LogP) is 14.1. The van der Waals surface area contributed by atoms with E-state index >= 15 is 0 Å². The smallest absolute Gasteiger partial charge is 0.0978 e. The van der Waals surface area contributed by atoms with E-state index in [0.717, 1.165) is 61.0 Å². The molecular formula is C52H35N3. The van der Waals surface area contributed by atoms with Crippen LogP contribution in [0.1, 0.15) is 0 Å². The van der Waals surface area contributed by atoms with Gasteiger partial charge in [-0.1, -0.05) is 164 Å². The molecule has 8 aromatic carbocycles. The number of anilines is 3. The number of nitrogens with zero attached hydrogens (tertiary/aromatic N) is 3. The summed E-state index contributed by atoms with van der Waals surface area (Å²) in [5.74, 6) is 0. The zero-order valence-electron chi connectivity index (χ0n) is 30.0. The van der Waals surface area contributed by atoms with Crippen LogP contribution in [0.2, 0.25) is 0 Å². The van der Waals surface area contributed by atoms with Gasteiger partial charge in [0.25, 0.3) is 0 Å². The van der Waals surface area contributed by atoms with Gasteiger partial charge in [0.2, 0.25) is 0 Å². The molecule has 258 valence electrons. The second-order valence-corrected chi connectivity index (χ2v) is 13.8. The summed E-state index contributed by atoms with van der Waals surface area (Å²) in [6.07, 6.45) is 0. The molecule has 2 aromatic heterocycles. The molecule has 3 nitrogen and oxygen atoms in total. The van der Waals surface area contributed by atoms with Gasteiger partial charge in [-0.3, -0.25) is 0 Å². The van der Waals surface area contributed by atoms with Crippen LogP contribution in [0.4, 0.5) is 17.1 Å². The van der Waals surface area contributed by atoms with Crippen molar-refractivity contribution in [1.29, 1.82) is 0 Å². The molecule has 0 aliphatic heterocycles. The van der Waals surface area contributed by atoms with Crippen molar-refractivity contribution < 1.29 is 0 Å². The van der Waals surface area contributed by atoms with Crippen molar-refractivity contribution in [3.8, 4) is 44.6 Å². The summed E-state index contributed by atoms with van der Waals surface area (Å²) in [6.45, 7) is 0. The zero-order chi connectivity index (χ0) is 36.6. The van der Waals surface area contributed by atoms with Gasteiger partial charge in [-0.25, -0.2) is 9.97 Å². The summed E-state index contributed by atoms with van der Waals surface area (Å²) in [7, 11) is 0. The van der Waals surface area contributed by atoms with Crippen LogP contribution in [0.5, 0.6) is 0 Å². The minimum Gasteiger partial charge on any atom is -0.311 e. The van der Waals surface area contributed by atoms with Gasteiger partial charge in [-0.2, -0.15) is 0 Å². The van der Waals surface area contributed by atoms with E-state index < -0.39 is 0 Å². The Hall–Kier alpha value is -7.36. The lowest BCUT2D eigenvalue weighted by Crippen LogP contribution is -2.09. The Morgan fingerprint density at radius 3 is 1.31 bits per heavy atom. The van der Waals surface area contributed by atoms with Crippen molar-refractivity contribution in [2.45, 2.75) is 0 Å². The Labute approximate surface area is 320 Å². The van der Waals surface area contributed by atoms with E-state index in [0.29, 0.717) is 0 Å². The van der Waals surface area contributed by atoms with E-state index in [9.17, 15) is 0 Å². The maximum atomic E-state index is 5.31. The number of para-hydroxylation sites is 1. The predicted molar refractivity (Wildman–Crippen MR) is 231 cm³/mol. The number of hydrogen-bond donors (Lipinski definition) is 0. The summed E-state index contributed by atoms with van der Waals surface area (Å²) in [5, 5.41) is 3.31. The molecule has 3 heteroatoms. The first-order chi connectivity index (χ1) is 27.3. The monoisotopic (exact) mass is 701 g/mol. The van der Waals surface area contributed by atoms with Crippen molar-refractivity contribution in [3.63, 3.8) is 0 Å². The Morgan fingerprint density at radius 1 is 0.291 bits per heavy atom. The largest absolute Gasteiger partial charge is 0.311 e. The third kappa shape index (κ3) is 6.08. The normalized spacial score (nSPS) is 11.3. The quantitative estimate of drug-likeness (QED) is 0.122. The minimum absolute atomic E-state index is 0.903. The molecule has 0 unspecified atom stereocenters. The van der Waals surface area contributed by atoms with Gasteiger partial charge in [-0.15, -0.1) is 0 Å². The van der Waals surface area contributed by atoms with E-state index in [4.69, 9.17) is 9.97 Å². The Kier molecular flexibility index (Phi) is 8.16. The van der Waals surface area contributed by atoms with Gasteiger partial charge in [0.15, 0.2) is 0 Å². The molecule has 0 aliphatic rings. The second kappa shape index (κ2) is 13.9. The average molecular weight is 702 g/mol. The average Bonchev–Trinajstić information content (AvgIpc) is 3.27. The summed E-state index contributed by atoms with van der Waals surface area (Å²) in [4.78, 5) is 12.8. The fraction of sp³-hybridized carbons (Fsp3) is 0. The van der Waals surface area contributed by atoms with Crippen LogP contribution in [0.15, 0.2) is 212 Å². The number of hydrogen-bond acceptors (Lipinski definition) is 3. The molecule has 0 spiro atoms. The molecule has 2 heterocycles. The van der Waals surface area contributed by atoms with Crippen molar-refractivity contribution in [3.05, 3.63) is 212 Å². The third-order valence-corrected chi connectivity index (χ3v) is 10.5. The zero-order valence-corrected chi connectivity index (χ0v) is 30.0. The number of aromatic nitrogens is 2. The van der Waals surface area contributed by atoms with Crippen molar-refractivity contribution in [2.75, 3.05) is 4.90 Å². The van der Waals surface area contributed by atoms with Crippen LogP contribution in [-0.4, -0.2) is 9.97 Å². The molecule has 10 aromatic rings. The second-order valence-electron chi connectivity index (χ2n) is 13.8. The SMILES string of the molecule is c1ccc(-c2ccc(N(c3ccc(-c4ccccc4)cc3)c3ccc(-c4ccc5ccc6c(-c7ccccc7)c7ccccc7nc6c5n4)cc3)cc2)cc1. The summed E-state index contributed by atoms with van der Waals surface area (Å²) in [5.41, 5.74) is 15.1. The number of rotatable bonds is 7. The van der Waals surface area contributed by atoms with Gasteiger partial charge in [0.1, 0.15) is 0 Å². The molecule has 0 radical (unpaired) electrons. The lowest BCUT2D eigenvalue weighted by atomic mass is 9.95. The van der Waals surface area contributed by atoms with E-state index in [1.165, 1.54) is 33.4 Å². The molecule has 0 saturated carbocycles. The van der Waals surface area contributed by atoms with E-state index in [-0.39, 0.29) is 0 Å². The summed E-state index contributed by atoms with van der Waals surface area (Å²) >= 11 is 0. The molecular weight excluding hydrogens is 667 g/mol. The Bertz CT molecular complexity index is 2840. The molecule has 0 fully saturated rings. The summed E-state index contributed by atoms with van der Waals surface area (Å²) in [6, 6.07) is 75.1. The lowest BCUT2D eigenvalue weighted by Gasteiger charge is -2.26. The van der Waals surface area contributed by atoms with Gasteiger partial charge in [0, 0.05) is 44.3 Å². The van der Waals surface area contributed by atoms with Crippen LogP contribution in [0.25, 0.3) is 77.3 Å². The van der Waals surface area contributed by atoms with Crippen LogP contribution < -0.4 is 4.90 Å². The van der Waals surface area contributed by atoms with E-state index in [1.54, 1.807) is 0 Å². The topological polar surface area (TPSA) is 29.0 Å². The maximum absolute atomic E-state index is 5.31. The highest BCUT2D eigenvalue weighted by molar-refractivity contribution is 6.16. The molecule has 0 atom stereocenters. The summed E-state index contributed by atoms with van der Waals surface area (Å²) < 4.78 is 0. The maximum Gasteiger partial charge on any atom is 0.0978 e. The number of pyridine rings is 2. The minimum atomic E-state index is 0.903. The molecule has 10 rings (SSSR count). The fourth-order valence-electron chi connectivity index (χ4n) is 7.71. The van der Waals surface area contributed by atoms with Crippen molar-refractivity contribution >= 4 is 49.8 Å². The third-order valence-electron chi connectivity index (χ3n) is 10.5. The Balaban J connectivity index is 1.06. The van der Waals surface area contributed by atoms with Crippen molar-refractivity contribution in [1.82, 2.24) is 9.97 Å². The highest BCUT2D eigenvalue weighted by Gasteiger charge is 2.17. The van der Waals surface area contributed by atoms with Gasteiger partial charge in [0.05, 0.1) is 22.2 Å². The first-order valence-corrected chi connectivity index (χ1v) is 18.7. The highest BCUT2D eigenvalue weighted by Crippen LogP contribution is 2.40. The van der Waals surface area contributed by atoms with Gasteiger partial charge in [-0.05, 0) is 76.3 Å². The first-order valence-electron chi connectivity index (χ1n) is 18.7. The van der Waals surface area contributed by atoms with E-state index in [2.05, 4.69) is 217 Å². The Morgan fingerprint density at radius 2 is 0.745 bits per heavy atom. The van der Waals surface area contributed by atoms with Crippen LogP contribution in [0, 0.1) is 0 Å². The molecule has 0 N–H and O–H groups in total. The number of benzene rings is 8. The van der Waals surface area contributed by atoms with E-state index in [1.807, 2.05) is 0 Å².